The van der Waals surface area contributed by atoms with Crippen LogP contribution in [0.5, 0.6) is 0 Å². The Balaban J connectivity index is 2.79. The summed E-state index contributed by atoms with van der Waals surface area (Å²) in [4.78, 5) is 15.5. The number of nitrogens with two attached hydrogens (primary N) is 1. The number of esters is 1. The number of ether oxygens (including phenoxy) is 1. The first-order chi connectivity index (χ1) is 10.3. The lowest BCUT2D eigenvalue weighted by Crippen LogP contribution is -2.10. The van der Waals surface area contributed by atoms with E-state index >= 15 is 0 Å². The highest BCUT2D eigenvalue weighted by atomic mass is 35.5. The fourth-order valence-corrected chi connectivity index (χ4v) is 2.51. The molecule has 2 aromatic rings. The van der Waals surface area contributed by atoms with Crippen LogP contribution in [0.4, 0.5) is 10.1 Å². The normalized spacial score (nSPS) is 10.6. The maximum atomic E-state index is 14.3. The van der Waals surface area contributed by atoms with E-state index in [1.54, 1.807) is 0 Å². The number of anilines is 1. The van der Waals surface area contributed by atoms with Gasteiger partial charge in [-0.3, -0.25) is 0 Å². The van der Waals surface area contributed by atoms with E-state index in [0.717, 1.165) is 7.11 Å². The van der Waals surface area contributed by atoms with E-state index in [0.29, 0.717) is 0 Å². The zero-order valence-electron chi connectivity index (χ0n) is 10.9. The van der Waals surface area contributed by atoms with E-state index in [4.69, 9.17) is 52.1 Å². The number of methoxy groups -OCH3 is 1. The van der Waals surface area contributed by atoms with Crippen molar-refractivity contribution in [3.63, 3.8) is 0 Å². The first-order valence-corrected chi connectivity index (χ1v) is 7.17. The van der Waals surface area contributed by atoms with Crippen LogP contribution >= 0.6 is 46.4 Å². The molecule has 0 saturated heterocycles. The third kappa shape index (κ3) is 2.82. The zero-order valence-corrected chi connectivity index (χ0v) is 13.9. The Bertz CT molecular complexity index is 783. The maximum absolute atomic E-state index is 14.3. The van der Waals surface area contributed by atoms with Gasteiger partial charge in [-0.25, -0.2) is 14.2 Å². The van der Waals surface area contributed by atoms with Gasteiger partial charge in [0.05, 0.1) is 32.9 Å². The summed E-state index contributed by atoms with van der Waals surface area (Å²) in [5.41, 5.74) is 4.62. The second-order valence-electron chi connectivity index (χ2n) is 4.07. The molecule has 2 N–H and O–H groups in total. The third-order valence-corrected chi connectivity index (χ3v) is 4.46. The van der Waals surface area contributed by atoms with Crippen molar-refractivity contribution < 1.29 is 13.9 Å². The van der Waals surface area contributed by atoms with E-state index < -0.39 is 17.5 Å². The number of aromatic nitrogens is 1. The van der Waals surface area contributed by atoms with Gasteiger partial charge in [-0.1, -0.05) is 46.4 Å². The maximum Gasteiger partial charge on any atom is 0.358 e. The van der Waals surface area contributed by atoms with E-state index in [-0.39, 0.29) is 37.0 Å². The third-order valence-electron chi connectivity index (χ3n) is 2.78. The Kier molecular flexibility index (Phi) is 5.02. The Morgan fingerprint density at radius 2 is 1.82 bits per heavy atom. The minimum Gasteiger partial charge on any atom is -0.464 e. The second-order valence-corrected chi connectivity index (χ2v) is 5.61. The summed E-state index contributed by atoms with van der Waals surface area (Å²) in [6.07, 6.45) is 0. The molecule has 0 spiro atoms. The first-order valence-electron chi connectivity index (χ1n) is 5.66. The van der Waals surface area contributed by atoms with Crippen molar-refractivity contribution in [2.45, 2.75) is 0 Å². The van der Waals surface area contributed by atoms with Crippen molar-refractivity contribution in [3.8, 4) is 11.3 Å². The molecule has 0 aliphatic carbocycles. The van der Waals surface area contributed by atoms with Gasteiger partial charge in [-0.2, -0.15) is 0 Å². The lowest BCUT2D eigenvalue weighted by molar-refractivity contribution is 0.0594. The standard InChI is InChI=1S/C13H7Cl4FN2O2/c1-22-13(21)12-8(17)10(19)9(18)11(20-12)4-2-3-5(14)7(16)6(4)15/h2-3H,1H3,(H2,19,20). The Morgan fingerprint density at radius 1 is 1.18 bits per heavy atom. The van der Waals surface area contributed by atoms with Gasteiger partial charge in [0, 0.05) is 5.56 Å². The minimum absolute atomic E-state index is 0.0233. The summed E-state index contributed by atoms with van der Waals surface area (Å²) in [5.74, 6) is -1.80. The van der Waals surface area contributed by atoms with Crippen LogP contribution in [0.1, 0.15) is 10.5 Å². The molecule has 0 atom stereocenters. The summed E-state index contributed by atoms with van der Waals surface area (Å²) in [6, 6.07) is 2.81. The number of carbonyl (C=O) groups excluding carboxylic acids is 1. The first kappa shape index (κ1) is 17.1. The molecule has 0 saturated carbocycles. The van der Waals surface area contributed by atoms with Crippen LogP contribution in [-0.2, 0) is 4.74 Å². The van der Waals surface area contributed by atoms with Crippen molar-refractivity contribution in [1.29, 1.82) is 0 Å². The molecule has 0 radical (unpaired) electrons. The lowest BCUT2D eigenvalue weighted by Gasteiger charge is -2.12. The van der Waals surface area contributed by atoms with Gasteiger partial charge in [0.15, 0.2) is 11.5 Å². The molecule has 0 unspecified atom stereocenters. The molecule has 0 amide bonds. The highest BCUT2D eigenvalue weighted by Gasteiger charge is 2.24. The van der Waals surface area contributed by atoms with E-state index in [9.17, 15) is 9.18 Å². The van der Waals surface area contributed by atoms with Crippen LogP contribution in [0.2, 0.25) is 20.1 Å². The fraction of sp³-hybridized carbons (Fsp3) is 0.0769. The van der Waals surface area contributed by atoms with E-state index in [1.165, 1.54) is 12.1 Å². The van der Waals surface area contributed by atoms with Crippen molar-refractivity contribution in [3.05, 3.63) is 43.7 Å². The number of pyridine rings is 1. The summed E-state index contributed by atoms with van der Waals surface area (Å²) in [6.45, 7) is 0. The number of hydrogen-bond donors (Lipinski definition) is 1. The Morgan fingerprint density at radius 3 is 2.41 bits per heavy atom. The Labute approximate surface area is 144 Å². The van der Waals surface area contributed by atoms with Gasteiger partial charge in [0.25, 0.3) is 0 Å². The van der Waals surface area contributed by atoms with Gasteiger partial charge in [-0.05, 0) is 12.1 Å². The fourth-order valence-electron chi connectivity index (χ4n) is 1.68. The Hall–Kier alpha value is -1.27. The van der Waals surface area contributed by atoms with Crippen LogP contribution in [0.25, 0.3) is 11.3 Å². The molecule has 22 heavy (non-hydrogen) atoms. The predicted octanol–water partition coefficient (Wildman–Crippen LogP) is 4.87. The minimum atomic E-state index is -0.932. The average Bonchev–Trinajstić information content (AvgIpc) is 2.51. The number of nitrogens with zero attached hydrogens (tertiary/aromatic N) is 1. The monoisotopic (exact) mass is 382 g/mol. The highest BCUT2D eigenvalue weighted by molar-refractivity contribution is 6.49. The number of rotatable bonds is 2. The van der Waals surface area contributed by atoms with Gasteiger partial charge in [-0.15, -0.1) is 0 Å². The van der Waals surface area contributed by atoms with Crippen molar-refractivity contribution >= 4 is 58.1 Å². The van der Waals surface area contributed by atoms with Gasteiger partial charge in [0.2, 0.25) is 0 Å². The molecule has 0 fully saturated rings. The molecule has 116 valence electrons. The van der Waals surface area contributed by atoms with E-state index in [2.05, 4.69) is 9.72 Å². The number of halogens is 5. The van der Waals surface area contributed by atoms with Crippen molar-refractivity contribution in [2.24, 2.45) is 0 Å². The molecule has 1 aromatic heterocycles. The largest absolute Gasteiger partial charge is 0.464 e. The predicted molar refractivity (Wildman–Crippen MR) is 85.4 cm³/mol. The average molecular weight is 384 g/mol. The van der Waals surface area contributed by atoms with Gasteiger partial charge < -0.3 is 10.5 Å². The molecule has 2 rings (SSSR count). The SMILES string of the molecule is COC(=O)c1nc(-c2ccc(Cl)c(Cl)c2Cl)c(F)c(N)c1Cl. The second kappa shape index (κ2) is 6.46. The molecular formula is C13H7Cl4FN2O2. The molecule has 9 heteroatoms. The summed E-state index contributed by atoms with van der Waals surface area (Å²) in [7, 11) is 1.13. The van der Waals surface area contributed by atoms with Crippen LogP contribution in [0.15, 0.2) is 12.1 Å². The summed E-state index contributed by atoms with van der Waals surface area (Å²) in [5, 5.41) is -0.163. The van der Waals surface area contributed by atoms with E-state index in [1.807, 2.05) is 0 Å². The molecule has 4 nitrogen and oxygen atoms in total. The van der Waals surface area contributed by atoms with Crippen LogP contribution in [0, 0.1) is 5.82 Å². The number of hydrogen-bond acceptors (Lipinski definition) is 4. The quantitative estimate of drug-likeness (QED) is 0.593. The summed E-state index contributed by atoms with van der Waals surface area (Å²) < 4.78 is 18.9. The van der Waals surface area contributed by atoms with Crippen LogP contribution < -0.4 is 5.73 Å². The van der Waals surface area contributed by atoms with Crippen molar-refractivity contribution in [2.75, 3.05) is 12.8 Å². The van der Waals surface area contributed by atoms with Gasteiger partial charge in [0.1, 0.15) is 5.69 Å². The molecule has 0 aliphatic heterocycles. The summed E-state index contributed by atoms with van der Waals surface area (Å²) >= 11 is 23.6. The van der Waals surface area contributed by atoms with Crippen LogP contribution in [0.3, 0.4) is 0 Å². The number of nitrogen functional groups attached to an aromatic ring is 1. The lowest BCUT2D eigenvalue weighted by atomic mass is 10.1. The topological polar surface area (TPSA) is 65.2 Å². The number of carbonyl (C=O) groups is 1. The zero-order chi connectivity index (χ0) is 16.6. The molecule has 0 bridgehead atoms. The highest BCUT2D eigenvalue weighted by Crippen LogP contribution is 2.40. The molecular weight excluding hydrogens is 377 g/mol. The van der Waals surface area contributed by atoms with Gasteiger partial charge >= 0.3 is 5.97 Å². The number of benzene rings is 1. The van der Waals surface area contributed by atoms with Crippen molar-refractivity contribution in [1.82, 2.24) is 4.98 Å². The smallest absolute Gasteiger partial charge is 0.358 e. The van der Waals surface area contributed by atoms with Crippen LogP contribution in [-0.4, -0.2) is 18.1 Å². The molecule has 0 aliphatic rings. The molecule has 1 aromatic carbocycles. The molecule has 1 heterocycles.